The lowest BCUT2D eigenvalue weighted by molar-refractivity contribution is -0.373. The summed E-state index contributed by atoms with van der Waals surface area (Å²) in [6.07, 6.45) is -3.46. The molecular weight excluding hydrogens is 851 g/mol. The van der Waals surface area contributed by atoms with Crippen molar-refractivity contribution < 1.29 is 82.1 Å². The number of carbonyl (C=O) groups excluding carboxylic acids is 1. The third kappa shape index (κ3) is 10.1. The standard InChI is InChI=1S/C47H80O17.H3N/c1-23-18-24(2)45(9,51)61-36(23)31-19-32(58-35-20-30(53-10)40(55-12)28(6)57-35)42(59-31)44(8)15-14-33(60-44)43(7)16-17-46(64-43)21-29(48)25(3)37(62-46)26(4)38-41(56-13)39(54-11)27(5)47(52,63-38)22-34(49)50;/h23-33,35-42,48,51-52H,14-22H2,1-13H3,(H,49,50);1H3/t23-,24+,25+,26+,27-,28-,29-,30-,31?,32-,33?,35+,36-,37?,38?,39-,40-,41-,42?,43-,44-,45-,46+,47+;/m0./s1. The number of methoxy groups -OCH3 is 4. The van der Waals surface area contributed by atoms with Crippen molar-refractivity contribution in [2.24, 2.45) is 29.6 Å². The third-order valence-corrected chi connectivity index (χ3v) is 16.8. The Morgan fingerprint density at radius 1 is 0.785 bits per heavy atom. The Hall–Kier alpha value is -1.17. The van der Waals surface area contributed by atoms with Crippen LogP contribution in [0.15, 0.2) is 0 Å². The first-order valence-electron chi connectivity index (χ1n) is 23.8. The van der Waals surface area contributed by atoms with Crippen LogP contribution in [0.3, 0.4) is 0 Å². The van der Waals surface area contributed by atoms with E-state index in [0.717, 1.165) is 6.42 Å². The lowest BCUT2D eigenvalue weighted by atomic mass is 9.75. The molecule has 0 aromatic rings. The van der Waals surface area contributed by atoms with Crippen LogP contribution < -0.4 is 11.3 Å². The molecule has 65 heavy (non-hydrogen) atoms. The van der Waals surface area contributed by atoms with Crippen molar-refractivity contribution in [1.82, 2.24) is 6.15 Å². The van der Waals surface area contributed by atoms with Crippen molar-refractivity contribution in [3.63, 3.8) is 0 Å². The fourth-order valence-electron chi connectivity index (χ4n) is 12.7. The molecule has 1 spiro atoms. The normalized spacial score (nSPS) is 53.2. The van der Waals surface area contributed by atoms with E-state index in [9.17, 15) is 25.2 Å². The maximum Gasteiger partial charge on any atom is 0.176 e. The van der Waals surface area contributed by atoms with Crippen molar-refractivity contribution in [2.45, 2.75) is 234 Å². The van der Waals surface area contributed by atoms with E-state index in [1.165, 1.54) is 14.2 Å². The van der Waals surface area contributed by atoms with Crippen LogP contribution in [0.25, 0.3) is 0 Å². The number of carboxylic acids is 1. The number of aliphatic hydroxyl groups is 3. The minimum atomic E-state index is -2.09. The molecule has 24 atom stereocenters. The van der Waals surface area contributed by atoms with E-state index in [4.69, 9.17) is 56.8 Å². The van der Waals surface area contributed by atoms with Gasteiger partial charge in [0.15, 0.2) is 23.7 Å². The monoisotopic (exact) mass is 934 g/mol. The van der Waals surface area contributed by atoms with Gasteiger partial charge < -0.3 is 88.2 Å². The maximum atomic E-state index is 11.8. The third-order valence-electron chi connectivity index (χ3n) is 16.8. The maximum absolute atomic E-state index is 11.8. The Balaban J connectivity index is 0.00000700. The summed E-state index contributed by atoms with van der Waals surface area (Å²) in [4.78, 5) is 11.8. The Bertz CT molecular complexity index is 1610. The second-order valence-corrected chi connectivity index (χ2v) is 21.3. The molecule has 7 aliphatic heterocycles. The van der Waals surface area contributed by atoms with Crippen LogP contribution in [0.1, 0.15) is 120 Å². The Labute approximate surface area is 385 Å². The van der Waals surface area contributed by atoms with Gasteiger partial charge in [-0.2, -0.15) is 0 Å². The molecule has 378 valence electrons. The van der Waals surface area contributed by atoms with Gasteiger partial charge in [0.2, 0.25) is 0 Å². The van der Waals surface area contributed by atoms with Crippen LogP contribution in [0.5, 0.6) is 0 Å². The minimum absolute atomic E-state index is 0. The van der Waals surface area contributed by atoms with E-state index in [0.29, 0.717) is 38.5 Å². The Kier molecular flexibility index (Phi) is 16.3. The van der Waals surface area contributed by atoms with Crippen molar-refractivity contribution in [1.29, 1.82) is 0 Å². The fraction of sp³-hybridized carbons (Fsp3) is 0.979. The van der Waals surface area contributed by atoms with Crippen LogP contribution in [-0.2, 0) is 61.6 Å². The first-order chi connectivity index (χ1) is 30.0. The van der Waals surface area contributed by atoms with E-state index in [2.05, 4.69) is 13.8 Å². The number of rotatable bonds is 13. The van der Waals surface area contributed by atoms with Crippen molar-refractivity contribution in [3.8, 4) is 0 Å². The van der Waals surface area contributed by atoms with Gasteiger partial charge in [0.25, 0.3) is 0 Å². The predicted molar refractivity (Wildman–Crippen MR) is 231 cm³/mol. The highest BCUT2D eigenvalue weighted by atomic mass is 16.7. The van der Waals surface area contributed by atoms with E-state index in [1.807, 2.05) is 34.6 Å². The van der Waals surface area contributed by atoms with E-state index >= 15 is 0 Å². The van der Waals surface area contributed by atoms with Crippen molar-refractivity contribution in [3.05, 3.63) is 0 Å². The van der Waals surface area contributed by atoms with Crippen LogP contribution >= 0.6 is 0 Å². The predicted octanol–water partition coefficient (Wildman–Crippen LogP) is 3.36. The van der Waals surface area contributed by atoms with Gasteiger partial charge in [0.1, 0.15) is 18.3 Å². The van der Waals surface area contributed by atoms with E-state index in [1.54, 1.807) is 28.1 Å². The highest BCUT2D eigenvalue weighted by Gasteiger charge is 2.63. The number of hydrogen-bond acceptors (Lipinski definition) is 17. The molecule has 18 nitrogen and oxygen atoms in total. The topological polar surface area (TPSA) is 248 Å². The summed E-state index contributed by atoms with van der Waals surface area (Å²) in [7, 11) is 6.34. The molecule has 0 radical (unpaired) electrons. The largest absolute Gasteiger partial charge is 0.550 e. The lowest BCUT2D eigenvalue weighted by Crippen LogP contribution is -2.66. The summed E-state index contributed by atoms with van der Waals surface area (Å²) < 4.78 is 77.5. The summed E-state index contributed by atoms with van der Waals surface area (Å²) >= 11 is 0. The number of aliphatic carboxylic acids is 1. The Morgan fingerprint density at radius 3 is 2.09 bits per heavy atom. The number of carboxylic acid groups (broad SMARTS) is 1. The zero-order chi connectivity index (χ0) is 46.9. The van der Waals surface area contributed by atoms with Crippen LogP contribution in [0.4, 0.5) is 0 Å². The highest BCUT2D eigenvalue weighted by molar-refractivity contribution is 5.65. The lowest BCUT2D eigenvalue weighted by Gasteiger charge is -2.54. The van der Waals surface area contributed by atoms with Gasteiger partial charge in [0, 0.05) is 90.2 Å². The molecule has 7 aliphatic rings. The fourth-order valence-corrected chi connectivity index (χ4v) is 12.7. The number of hydrogen-bond donors (Lipinski definition) is 4. The minimum Gasteiger partial charge on any atom is -0.550 e. The second-order valence-electron chi connectivity index (χ2n) is 21.3. The molecule has 7 rings (SSSR count). The number of ether oxygens (including phenoxy) is 12. The second kappa shape index (κ2) is 19.9. The van der Waals surface area contributed by atoms with Gasteiger partial charge in [-0.1, -0.05) is 34.6 Å². The average Bonchev–Trinajstić information content (AvgIpc) is 3.94. The zero-order valence-electron chi connectivity index (χ0n) is 41.4. The number of carbonyl (C=O) groups is 1. The van der Waals surface area contributed by atoms with Gasteiger partial charge in [0.05, 0.1) is 72.2 Å². The van der Waals surface area contributed by atoms with Crippen LogP contribution in [0.2, 0.25) is 0 Å². The Morgan fingerprint density at radius 2 is 1.46 bits per heavy atom. The molecule has 5 unspecified atom stereocenters. The van der Waals surface area contributed by atoms with E-state index in [-0.39, 0.29) is 66.9 Å². The number of quaternary nitrogens is 1. The molecule has 0 aromatic carbocycles. The molecule has 0 saturated carbocycles. The molecule has 0 aromatic heterocycles. The van der Waals surface area contributed by atoms with Gasteiger partial charge >= 0.3 is 0 Å². The summed E-state index contributed by atoms with van der Waals surface area (Å²) in [6.45, 7) is 17.4. The summed E-state index contributed by atoms with van der Waals surface area (Å²) in [5, 5.41) is 46.4. The summed E-state index contributed by atoms with van der Waals surface area (Å²) in [6, 6.07) is 0. The molecule has 0 aliphatic carbocycles. The van der Waals surface area contributed by atoms with Gasteiger partial charge in [-0.15, -0.1) is 0 Å². The van der Waals surface area contributed by atoms with E-state index < -0.39 is 102 Å². The highest BCUT2D eigenvalue weighted by Crippen LogP contribution is 2.55. The first-order valence-corrected chi connectivity index (χ1v) is 23.8. The summed E-state index contributed by atoms with van der Waals surface area (Å²) in [5.41, 5.74) is -1.61. The van der Waals surface area contributed by atoms with Crippen molar-refractivity contribution >= 4 is 5.97 Å². The number of aliphatic hydroxyl groups excluding tert-OH is 1. The zero-order valence-corrected chi connectivity index (χ0v) is 41.4. The first kappa shape index (κ1) is 53.2. The smallest absolute Gasteiger partial charge is 0.176 e. The molecule has 7 saturated heterocycles. The molecule has 18 heteroatoms. The van der Waals surface area contributed by atoms with Gasteiger partial charge in [-0.05, 0) is 59.3 Å². The van der Waals surface area contributed by atoms with Crippen molar-refractivity contribution in [2.75, 3.05) is 28.4 Å². The average molecular weight is 934 g/mol. The van der Waals surface area contributed by atoms with Gasteiger partial charge in [-0.25, -0.2) is 0 Å². The summed E-state index contributed by atoms with van der Waals surface area (Å²) in [5.74, 6) is -7.58. The molecule has 7 fully saturated rings. The SMILES string of the molecule is CO[C@@H]1[C@@H](OC)C([C@H](C)C2O[C@@]3(CC[C@@](C)(C4CC[C@@](C)(C5OC([C@H]6O[C@](C)(O)[C@H](C)C[C@@H]6C)C[C@@H]5O[C@@H]5C[C@H](OC)[C@@H](OC)[C@H](C)O5)O4)O3)C[C@H](O)[C@H]2C)O[C@](O)(CC(=O)[O-])[C@H]1C.[NH4+]. The van der Waals surface area contributed by atoms with Gasteiger partial charge in [-0.3, -0.25) is 0 Å². The molecule has 0 bridgehead atoms. The quantitative estimate of drug-likeness (QED) is 0.207. The molecule has 7 N–H and O–H groups in total. The molecular formula is C47H83NO17. The van der Waals surface area contributed by atoms with Crippen LogP contribution in [0, 0.1) is 29.6 Å². The molecule has 7 heterocycles. The molecule has 0 amide bonds. The van der Waals surface area contributed by atoms with Crippen LogP contribution in [-0.4, -0.2) is 164 Å².